The molecule has 190 valence electrons. The predicted octanol–water partition coefficient (Wildman–Crippen LogP) is 6.15. The Kier molecular flexibility index (Phi) is 9.07. The molecule has 0 aliphatic rings. The number of carbonyl (C=O) groups is 1. The molecule has 0 amide bonds. The summed E-state index contributed by atoms with van der Waals surface area (Å²) in [5.74, 6) is 1.91. The van der Waals surface area contributed by atoms with Crippen LogP contribution in [0.4, 0.5) is 0 Å². The van der Waals surface area contributed by atoms with Crippen LogP contribution in [0.15, 0.2) is 94.5 Å². The second-order valence-corrected chi connectivity index (χ2v) is 8.38. The molecule has 7 heteroatoms. The van der Waals surface area contributed by atoms with Crippen LogP contribution in [0.25, 0.3) is 11.5 Å². The Balaban J connectivity index is 1.28. The number of methoxy groups -OCH3 is 1. The Bertz CT molecular complexity index is 1300. The lowest BCUT2D eigenvalue weighted by atomic mass is 10.1. The molecule has 4 rings (SSSR count). The lowest BCUT2D eigenvalue weighted by Crippen LogP contribution is -2.08. The molecule has 0 fully saturated rings. The molecule has 0 bridgehead atoms. The topological polar surface area (TPSA) is 83.2 Å². The van der Waals surface area contributed by atoms with Gasteiger partial charge in [-0.05, 0) is 42.3 Å². The highest BCUT2D eigenvalue weighted by Crippen LogP contribution is 2.22. The van der Waals surface area contributed by atoms with Gasteiger partial charge in [-0.1, -0.05) is 65.8 Å². The molecule has 3 aromatic carbocycles. The molecule has 0 N–H and O–H groups in total. The highest BCUT2D eigenvalue weighted by molar-refractivity contribution is 6.01. The maximum atomic E-state index is 11.6. The van der Waals surface area contributed by atoms with E-state index in [0.29, 0.717) is 37.7 Å². The summed E-state index contributed by atoms with van der Waals surface area (Å²) in [5, 5.41) is 4.29. The molecule has 7 nitrogen and oxygen atoms in total. The molecule has 0 radical (unpaired) electrons. The Hall–Kier alpha value is -4.39. The van der Waals surface area contributed by atoms with Crippen molar-refractivity contribution in [2.24, 2.45) is 5.16 Å². The minimum Gasteiger partial charge on any atom is -0.493 e. The van der Waals surface area contributed by atoms with Crippen LogP contribution in [0.1, 0.15) is 35.4 Å². The van der Waals surface area contributed by atoms with Crippen LogP contribution in [-0.4, -0.2) is 30.4 Å². The number of aryl methyl sites for hydroxylation is 1. The van der Waals surface area contributed by atoms with Gasteiger partial charge in [0.2, 0.25) is 5.89 Å². The zero-order chi connectivity index (χ0) is 25.9. The van der Waals surface area contributed by atoms with E-state index in [9.17, 15) is 4.79 Å². The minimum atomic E-state index is -0.283. The third-order valence-corrected chi connectivity index (χ3v) is 5.75. The highest BCUT2D eigenvalue weighted by atomic mass is 16.6. The molecule has 1 aromatic heterocycles. The van der Waals surface area contributed by atoms with Gasteiger partial charge in [-0.2, -0.15) is 0 Å². The first kappa shape index (κ1) is 25.7. The normalized spacial score (nSPS) is 11.2. The molecule has 37 heavy (non-hydrogen) atoms. The zero-order valence-electron chi connectivity index (χ0n) is 21.1. The molecular formula is C30H30N2O5. The SMILES string of the molecule is COC(=O)CC/C(=N/OCc1ccc(OCCc2nc(-c3ccccc3)oc2C)cc1)c1ccccc1. The van der Waals surface area contributed by atoms with E-state index in [1.54, 1.807) is 0 Å². The van der Waals surface area contributed by atoms with E-state index in [1.165, 1.54) is 7.11 Å². The Morgan fingerprint density at radius 2 is 1.62 bits per heavy atom. The largest absolute Gasteiger partial charge is 0.493 e. The highest BCUT2D eigenvalue weighted by Gasteiger charge is 2.12. The smallest absolute Gasteiger partial charge is 0.305 e. The second kappa shape index (κ2) is 13.1. The summed E-state index contributed by atoms with van der Waals surface area (Å²) < 4.78 is 16.5. The molecule has 0 aliphatic heterocycles. The first-order valence-electron chi connectivity index (χ1n) is 12.2. The number of rotatable bonds is 12. The summed E-state index contributed by atoms with van der Waals surface area (Å²) in [4.78, 5) is 21.8. The fraction of sp³-hybridized carbons (Fsp3) is 0.233. The van der Waals surface area contributed by atoms with Crippen LogP contribution in [0.3, 0.4) is 0 Å². The Labute approximate surface area is 216 Å². The summed E-state index contributed by atoms with van der Waals surface area (Å²) in [6.07, 6.45) is 1.32. The van der Waals surface area contributed by atoms with Gasteiger partial charge in [-0.25, -0.2) is 4.98 Å². The molecule has 0 unspecified atom stereocenters. The van der Waals surface area contributed by atoms with E-state index >= 15 is 0 Å². The van der Waals surface area contributed by atoms with Gasteiger partial charge in [0, 0.05) is 18.4 Å². The van der Waals surface area contributed by atoms with E-state index in [-0.39, 0.29) is 12.4 Å². The van der Waals surface area contributed by atoms with Gasteiger partial charge in [0.15, 0.2) is 0 Å². The fourth-order valence-corrected chi connectivity index (χ4v) is 3.69. The first-order valence-corrected chi connectivity index (χ1v) is 12.2. The van der Waals surface area contributed by atoms with Crippen LogP contribution in [0, 0.1) is 6.92 Å². The molecule has 0 saturated carbocycles. The molecule has 1 heterocycles. The van der Waals surface area contributed by atoms with Gasteiger partial charge >= 0.3 is 5.97 Å². The average Bonchev–Trinajstić information content (AvgIpc) is 3.32. The summed E-state index contributed by atoms with van der Waals surface area (Å²) in [5.41, 5.74) is 4.41. The lowest BCUT2D eigenvalue weighted by molar-refractivity contribution is -0.140. The van der Waals surface area contributed by atoms with E-state index < -0.39 is 0 Å². The Morgan fingerprint density at radius 1 is 0.919 bits per heavy atom. The van der Waals surface area contributed by atoms with Crippen LogP contribution in [-0.2, 0) is 27.4 Å². The maximum Gasteiger partial charge on any atom is 0.305 e. The summed E-state index contributed by atoms with van der Waals surface area (Å²) in [7, 11) is 1.38. The molecule has 0 spiro atoms. The maximum absolute atomic E-state index is 11.6. The molecular weight excluding hydrogens is 468 g/mol. The number of benzene rings is 3. The molecule has 4 aromatic rings. The summed E-state index contributed by atoms with van der Waals surface area (Å²) >= 11 is 0. The van der Waals surface area contributed by atoms with Crippen molar-refractivity contribution < 1.29 is 23.5 Å². The van der Waals surface area contributed by atoms with E-state index in [0.717, 1.165) is 33.9 Å². The number of carbonyl (C=O) groups excluding carboxylic acids is 1. The Morgan fingerprint density at radius 3 is 2.32 bits per heavy atom. The summed E-state index contributed by atoms with van der Waals surface area (Å²) in [6, 6.07) is 27.2. The van der Waals surface area contributed by atoms with Gasteiger partial charge in [0.25, 0.3) is 0 Å². The van der Waals surface area contributed by atoms with Crippen molar-refractivity contribution in [1.29, 1.82) is 0 Å². The van der Waals surface area contributed by atoms with Crippen molar-refractivity contribution in [1.82, 2.24) is 4.98 Å². The monoisotopic (exact) mass is 498 g/mol. The molecule has 0 atom stereocenters. The number of esters is 1. The fourth-order valence-electron chi connectivity index (χ4n) is 3.69. The van der Waals surface area contributed by atoms with E-state index in [4.69, 9.17) is 18.7 Å². The predicted molar refractivity (Wildman–Crippen MR) is 141 cm³/mol. The third-order valence-electron chi connectivity index (χ3n) is 5.75. The van der Waals surface area contributed by atoms with Crippen molar-refractivity contribution >= 4 is 11.7 Å². The number of ether oxygens (including phenoxy) is 2. The van der Waals surface area contributed by atoms with Crippen molar-refractivity contribution in [3.05, 3.63) is 108 Å². The number of nitrogens with zero attached hydrogens (tertiary/aromatic N) is 2. The standard InChI is InChI=1S/C30H30N2O5/c1-22-27(31-30(37-22)25-11-7-4-8-12-25)19-20-35-26-15-13-23(14-16-26)21-36-32-28(17-18-29(33)34-2)24-9-5-3-6-10-24/h3-16H,17-21H2,1-2H3/b32-28-. The van der Waals surface area contributed by atoms with Crippen LogP contribution in [0.5, 0.6) is 5.75 Å². The zero-order valence-corrected chi connectivity index (χ0v) is 21.1. The quantitative estimate of drug-likeness (QED) is 0.132. The van der Waals surface area contributed by atoms with Gasteiger partial charge < -0.3 is 18.7 Å². The van der Waals surface area contributed by atoms with Crippen molar-refractivity contribution in [2.45, 2.75) is 32.8 Å². The second-order valence-electron chi connectivity index (χ2n) is 8.38. The first-order chi connectivity index (χ1) is 18.1. The number of hydrogen-bond acceptors (Lipinski definition) is 7. The summed E-state index contributed by atoms with van der Waals surface area (Å²) in [6.45, 7) is 2.71. The van der Waals surface area contributed by atoms with Crippen LogP contribution >= 0.6 is 0 Å². The van der Waals surface area contributed by atoms with Crippen LogP contribution < -0.4 is 4.74 Å². The number of aromatic nitrogens is 1. The van der Waals surface area contributed by atoms with Crippen molar-refractivity contribution in [3.63, 3.8) is 0 Å². The third kappa shape index (κ3) is 7.54. The van der Waals surface area contributed by atoms with E-state index in [2.05, 4.69) is 10.1 Å². The van der Waals surface area contributed by atoms with E-state index in [1.807, 2.05) is 91.9 Å². The number of oxime groups is 1. The van der Waals surface area contributed by atoms with Crippen molar-refractivity contribution in [3.8, 4) is 17.2 Å². The van der Waals surface area contributed by atoms with Gasteiger partial charge in [-0.3, -0.25) is 4.79 Å². The van der Waals surface area contributed by atoms with Gasteiger partial charge in [-0.15, -0.1) is 0 Å². The van der Waals surface area contributed by atoms with Crippen LogP contribution in [0.2, 0.25) is 0 Å². The number of oxazole rings is 1. The average molecular weight is 499 g/mol. The van der Waals surface area contributed by atoms with Gasteiger partial charge in [0.05, 0.1) is 31.5 Å². The molecule has 0 saturated heterocycles. The lowest BCUT2D eigenvalue weighted by Gasteiger charge is -2.08. The minimum absolute atomic E-state index is 0.237. The van der Waals surface area contributed by atoms with Crippen molar-refractivity contribution in [2.75, 3.05) is 13.7 Å². The molecule has 0 aliphatic carbocycles. The number of hydrogen-bond donors (Lipinski definition) is 0. The van der Waals surface area contributed by atoms with Gasteiger partial charge in [0.1, 0.15) is 18.1 Å².